The number of para-hydroxylation sites is 1. The highest BCUT2D eigenvalue weighted by atomic mass is 16.3. The van der Waals surface area contributed by atoms with E-state index >= 15 is 0 Å². The van der Waals surface area contributed by atoms with Crippen LogP contribution in [0.1, 0.15) is 45.4 Å². The standard InChI is InChI=1S/C28H29N5O4/c1-3-19-13-23(32(2)31-19)27(35)30-20-14-24(26(34)29-15-18-9-5-4-6-10-18)33(16-20)28(36)22-17-37-25-12-8-7-11-21(22)25/h4-13,17,20,24H,3,14-16H2,1-2H3,(H,29,34)(H,30,35)/t20-,24+/m1/s1. The molecule has 2 atom stereocenters. The van der Waals surface area contributed by atoms with Crippen molar-refractivity contribution >= 4 is 28.7 Å². The van der Waals surface area contributed by atoms with Gasteiger partial charge >= 0.3 is 0 Å². The minimum absolute atomic E-state index is 0.200. The number of carbonyl (C=O) groups is 3. The average molecular weight is 500 g/mol. The lowest BCUT2D eigenvalue weighted by Crippen LogP contribution is -2.45. The van der Waals surface area contributed by atoms with Gasteiger partial charge in [-0.3, -0.25) is 19.1 Å². The number of rotatable bonds is 7. The molecule has 37 heavy (non-hydrogen) atoms. The molecule has 3 heterocycles. The largest absolute Gasteiger partial charge is 0.463 e. The molecule has 2 aromatic heterocycles. The fourth-order valence-corrected chi connectivity index (χ4v) is 4.79. The summed E-state index contributed by atoms with van der Waals surface area (Å²) in [4.78, 5) is 41.5. The Labute approximate surface area is 214 Å². The van der Waals surface area contributed by atoms with Gasteiger partial charge in [0.1, 0.15) is 23.6 Å². The van der Waals surface area contributed by atoms with E-state index in [9.17, 15) is 14.4 Å². The first-order valence-corrected chi connectivity index (χ1v) is 12.4. The molecule has 190 valence electrons. The SMILES string of the molecule is CCc1cc(C(=O)N[C@@H]2C[C@@H](C(=O)NCc3ccccc3)N(C(=O)c3coc4ccccc34)C2)n(C)n1. The van der Waals surface area contributed by atoms with Crippen LogP contribution in [0.2, 0.25) is 0 Å². The summed E-state index contributed by atoms with van der Waals surface area (Å²) in [7, 11) is 1.72. The molecule has 1 aliphatic heterocycles. The van der Waals surface area contributed by atoms with Gasteiger partial charge in [-0.1, -0.05) is 55.5 Å². The summed E-state index contributed by atoms with van der Waals surface area (Å²) in [6.45, 7) is 2.52. The van der Waals surface area contributed by atoms with Crippen LogP contribution in [0.15, 0.2) is 71.3 Å². The zero-order valence-electron chi connectivity index (χ0n) is 20.8. The van der Waals surface area contributed by atoms with Gasteiger partial charge in [0.25, 0.3) is 11.8 Å². The van der Waals surface area contributed by atoms with E-state index in [1.807, 2.05) is 55.5 Å². The number of nitrogens with zero attached hydrogens (tertiary/aromatic N) is 3. The van der Waals surface area contributed by atoms with Crippen molar-refractivity contribution in [2.75, 3.05) is 6.54 Å². The Balaban J connectivity index is 1.37. The average Bonchev–Trinajstić information content (AvgIpc) is 3.64. The molecule has 0 bridgehead atoms. The molecule has 0 saturated carbocycles. The maximum Gasteiger partial charge on any atom is 0.269 e. The molecule has 2 N–H and O–H groups in total. The summed E-state index contributed by atoms with van der Waals surface area (Å²) < 4.78 is 7.13. The predicted molar refractivity (Wildman–Crippen MR) is 138 cm³/mol. The quantitative estimate of drug-likeness (QED) is 0.406. The number of fused-ring (bicyclic) bond motifs is 1. The minimum atomic E-state index is -0.743. The van der Waals surface area contributed by atoms with Gasteiger partial charge in [0.05, 0.1) is 11.3 Å². The maximum absolute atomic E-state index is 13.7. The first-order chi connectivity index (χ1) is 17.9. The molecule has 1 saturated heterocycles. The molecule has 1 aliphatic rings. The number of hydrogen-bond donors (Lipinski definition) is 2. The van der Waals surface area contributed by atoms with Crippen molar-refractivity contribution in [2.24, 2.45) is 7.05 Å². The van der Waals surface area contributed by atoms with E-state index in [1.165, 1.54) is 11.2 Å². The van der Waals surface area contributed by atoms with Crippen molar-refractivity contribution in [1.82, 2.24) is 25.3 Å². The van der Waals surface area contributed by atoms with Gasteiger partial charge in [-0.15, -0.1) is 0 Å². The number of aryl methyl sites for hydroxylation is 2. The molecule has 9 nitrogen and oxygen atoms in total. The second-order valence-corrected chi connectivity index (χ2v) is 9.23. The van der Waals surface area contributed by atoms with Crippen LogP contribution in [0, 0.1) is 0 Å². The molecule has 0 unspecified atom stereocenters. The minimum Gasteiger partial charge on any atom is -0.463 e. The van der Waals surface area contributed by atoms with E-state index in [1.54, 1.807) is 23.9 Å². The molecular weight excluding hydrogens is 470 g/mol. The van der Waals surface area contributed by atoms with Crippen LogP contribution < -0.4 is 10.6 Å². The number of aromatic nitrogens is 2. The van der Waals surface area contributed by atoms with Crippen molar-refractivity contribution in [3.63, 3.8) is 0 Å². The Bertz CT molecular complexity index is 1440. The zero-order valence-corrected chi connectivity index (χ0v) is 20.8. The number of likely N-dealkylation sites (tertiary alicyclic amines) is 1. The fourth-order valence-electron chi connectivity index (χ4n) is 4.79. The second-order valence-electron chi connectivity index (χ2n) is 9.23. The van der Waals surface area contributed by atoms with E-state index < -0.39 is 12.1 Å². The van der Waals surface area contributed by atoms with E-state index in [4.69, 9.17) is 4.42 Å². The second kappa shape index (κ2) is 10.3. The molecule has 5 rings (SSSR count). The Morgan fingerprint density at radius 3 is 2.59 bits per heavy atom. The third kappa shape index (κ3) is 4.97. The third-order valence-corrected chi connectivity index (χ3v) is 6.75. The first-order valence-electron chi connectivity index (χ1n) is 12.4. The van der Waals surface area contributed by atoms with Crippen LogP contribution in [-0.2, 0) is 24.8 Å². The lowest BCUT2D eigenvalue weighted by Gasteiger charge is -2.23. The molecule has 9 heteroatoms. The predicted octanol–water partition coefficient (Wildman–Crippen LogP) is 3.06. The van der Waals surface area contributed by atoms with Crippen molar-refractivity contribution in [3.05, 3.63) is 89.4 Å². The summed E-state index contributed by atoms with van der Waals surface area (Å²) in [5, 5.41) is 11.0. The number of furan rings is 1. The van der Waals surface area contributed by atoms with Gasteiger partial charge in [0.15, 0.2) is 0 Å². The third-order valence-electron chi connectivity index (χ3n) is 6.75. The number of amides is 3. The highest BCUT2D eigenvalue weighted by molar-refractivity contribution is 6.07. The molecule has 0 radical (unpaired) electrons. The van der Waals surface area contributed by atoms with Crippen molar-refractivity contribution in [1.29, 1.82) is 0 Å². The molecule has 4 aromatic rings. The van der Waals surface area contributed by atoms with Gasteiger partial charge in [-0.2, -0.15) is 5.10 Å². The summed E-state index contributed by atoms with van der Waals surface area (Å²) >= 11 is 0. The van der Waals surface area contributed by atoms with E-state index in [-0.39, 0.29) is 24.3 Å². The van der Waals surface area contributed by atoms with Crippen LogP contribution in [0.5, 0.6) is 0 Å². The van der Waals surface area contributed by atoms with Gasteiger partial charge in [0, 0.05) is 31.6 Å². The normalized spacial score (nSPS) is 17.2. The highest BCUT2D eigenvalue weighted by Gasteiger charge is 2.41. The highest BCUT2D eigenvalue weighted by Crippen LogP contribution is 2.27. The van der Waals surface area contributed by atoms with E-state index in [2.05, 4.69) is 15.7 Å². The zero-order chi connectivity index (χ0) is 25.9. The van der Waals surface area contributed by atoms with Gasteiger partial charge in [-0.25, -0.2) is 0 Å². The molecule has 1 fully saturated rings. The molecule has 0 aliphatic carbocycles. The Kier molecular flexibility index (Phi) is 6.76. The lowest BCUT2D eigenvalue weighted by atomic mass is 10.1. The van der Waals surface area contributed by atoms with Crippen molar-refractivity contribution in [2.45, 2.75) is 38.4 Å². The molecule has 3 amide bonds. The number of hydrogen-bond acceptors (Lipinski definition) is 5. The maximum atomic E-state index is 13.7. The summed E-state index contributed by atoms with van der Waals surface area (Å²) in [6, 6.07) is 17.5. The van der Waals surface area contributed by atoms with Gasteiger partial charge in [-0.05, 0) is 30.5 Å². The summed E-state index contributed by atoms with van der Waals surface area (Å²) in [5.74, 6) is -0.864. The monoisotopic (exact) mass is 499 g/mol. The Morgan fingerprint density at radius 2 is 1.84 bits per heavy atom. The number of benzene rings is 2. The van der Waals surface area contributed by atoms with Crippen LogP contribution in [0.4, 0.5) is 0 Å². The van der Waals surface area contributed by atoms with Crippen molar-refractivity contribution in [3.8, 4) is 0 Å². The lowest BCUT2D eigenvalue weighted by molar-refractivity contribution is -0.125. The Hall–Kier alpha value is -4.40. The van der Waals surface area contributed by atoms with Crippen LogP contribution >= 0.6 is 0 Å². The summed E-state index contributed by atoms with van der Waals surface area (Å²) in [6.07, 6.45) is 2.45. The van der Waals surface area contributed by atoms with E-state index in [0.717, 1.165) is 17.7 Å². The van der Waals surface area contributed by atoms with Gasteiger partial charge in [0.2, 0.25) is 5.91 Å². The van der Waals surface area contributed by atoms with Crippen LogP contribution in [-0.4, -0.2) is 51.0 Å². The number of nitrogens with one attached hydrogen (secondary N) is 2. The fraction of sp³-hybridized carbons (Fsp3) is 0.286. The van der Waals surface area contributed by atoms with Crippen LogP contribution in [0.3, 0.4) is 0 Å². The first kappa shape index (κ1) is 24.3. The number of carbonyl (C=O) groups excluding carboxylic acids is 3. The smallest absolute Gasteiger partial charge is 0.269 e. The molecule has 0 spiro atoms. The van der Waals surface area contributed by atoms with E-state index in [0.29, 0.717) is 35.2 Å². The van der Waals surface area contributed by atoms with Crippen LogP contribution in [0.25, 0.3) is 11.0 Å². The topological polar surface area (TPSA) is 109 Å². The summed E-state index contributed by atoms with van der Waals surface area (Å²) in [5.41, 5.74) is 3.21. The molecule has 2 aromatic carbocycles. The van der Waals surface area contributed by atoms with Gasteiger partial charge < -0.3 is 20.0 Å². The Morgan fingerprint density at radius 1 is 1.08 bits per heavy atom. The molecular formula is C28H29N5O4. The van der Waals surface area contributed by atoms with Crippen molar-refractivity contribution < 1.29 is 18.8 Å².